The minimum Gasteiger partial charge on any atom is -0.376 e. The van der Waals surface area contributed by atoms with Gasteiger partial charge in [0, 0.05) is 36.5 Å². The van der Waals surface area contributed by atoms with Gasteiger partial charge < -0.3 is 15.0 Å². The van der Waals surface area contributed by atoms with Crippen LogP contribution in [0.4, 0.5) is 5.69 Å². The molecule has 0 aliphatic carbocycles. The summed E-state index contributed by atoms with van der Waals surface area (Å²) in [4.78, 5) is 27.3. The highest BCUT2D eigenvalue weighted by Crippen LogP contribution is 2.29. The molecule has 1 N–H and O–H groups in total. The maximum absolute atomic E-state index is 13.0. The summed E-state index contributed by atoms with van der Waals surface area (Å²) in [6.07, 6.45) is 3.96. The number of hydrogen-bond donors (Lipinski definition) is 1. The fourth-order valence-electron chi connectivity index (χ4n) is 3.92. The van der Waals surface area contributed by atoms with Crippen LogP contribution in [0.25, 0.3) is 0 Å². The number of rotatable bonds is 4. The molecule has 2 aliphatic rings. The zero-order valence-electron chi connectivity index (χ0n) is 16.2. The van der Waals surface area contributed by atoms with Crippen LogP contribution in [-0.2, 0) is 11.2 Å². The number of fused-ring (bicyclic) bond motifs is 1. The van der Waals surface area contributed by atoms with Gasteiger partial charge in [-0.1, -0.05) is 17.7 Å². The fraction of sp³-hybridized carbons (Fsp3) is 0.391. The molecule has 1 fully saturated rings. The number of nitrogens with one attached hydrogen (secondary N) is 1. The molecule has 0 radical (unpaired) electrons. The van der Waals surface area contributed by atoms with Crippen molar-refractivity contribution in [2.75, 3.05) is 24.6 Å². The average Bonchev–Trinajstić information content (AvgIpc) is 3.25. The van der Waals surface area contributed by atoms with Gasteiger partial charge >= 0.3 is 0 Å². The highest BCUT2D eigenvalue weighted by Gasteiger charge is 2.25. The van der Waals surface area contributed by atoms with Gasteiger partial charge in [0.05, 0.1) is 6.10 Å². The zero-order valence-corrected chi connectivity index (χ0v) is 16.2. The van der Waals surface area contributed by atoms with E-state index in [1.165, 1.54) is 0 Å². The molecule has 1 unspecified atom stereocenters. The number of carbonyl (C=O) groups excluding carboxylic acids is 2. The number of anilines is 1. The first-order chi connectivity index (χ1) is 13.6. The van der Waals surface area contributed by atoms with Crippen LogP contribution in [0.5, 0.6) is 0 Å². The number of ether oxygens (including phenoxy) is 1. The van der Waals surface area contributed by atoms with Crippen LogP contribution in [0.15, 0.2) is 42.5 Å². The lowest BCUT2D eigenvalue weighted by Gasteiger charge is -2.30. The number of benzene rings is 2. The summed E-state index contributed by atoms with van der Waals surface area (Å²) >= 11 is 0. The smallest absolute Gasteiger partial charge is 0.258 e. The molecule has 0 saturated carbocycles. The molecule has 1 atom stereocenters. The zero-order chi connectivity index (χ0) is 19.5. The van der Waals surface area contributed by atoms with Gasteiger partial charge in [0.25, 0.3) is 11.8 Å². The van der Waals surface area contributed by atoms with Crippen LogP contribution in [0.3, 0.4) is 0 Å². The Morgan fingerprint density at radius 2 is 1.89 bits per heavy atom. The first-order valence-corrected chi connectivity index (χ1v) is 10.0. The third-order valence-corrected chi connectivity index (χ3v) is 5.52. The molecule has 1 saturated heterocycles. The minimum atomic E-state index is -0.0831. The molecular weight excluding hydrogens is 352 g/mol. The Kier molecular flexibility index (Phi) is 5.44. The van der Waals surface area contributed by atoms with Crippen LogP contribution in [-0.4, -0.2) is 37.6 Å². The van der Waals surface area contributed by atoms with Gasteiger partial charge in [0.1, 0.15) is 0 Å². The largest absolute Gasteiger partial charge is 0.376 e. The molecule has 2 aromatic rings. The molecule has 28 heavy (non-hydrogen) atoms. The van der Waals surface area contributed by atoms with Crippen molar-refractivity contribution in [3.8, 4) is 0 Å². The normalized spacial score (nSPS) is 18.6. The molecule has 5 nitrogen and oxygen atoms in total. The fourth-order valence-corrected chi connectivity index (χ4v) is 3.92. The molecule has 0 bridgehead atoms. The Labute approximate surface area is 165 Å². The maximum atomic E-state index is 13.0. The molecule has 2 aliphatic heterocycles. The van der Waals surface area contributed by atoms with Crippen molar-refractivity contribution in [2.24, 2.45) is 0 Å². The summed E-state index contributed by atoms with van der Waals surface area (Å²) in [6.45, 7) is 4.04. The van der Waals surface area contributed by atoms with E-state index in [-0.39, 0.29) is 17.9 Å². The van der Waals surface area contributed by atoms with Gasteiger partial charge in [-0.25, -0.2) is 0 Å². The van der Waals surface area contributed by atoms with Gasteiger partial charge in [0.15, 0.2) is 0 Å². The quantitative estimate of drug-likeness (QED) is 0.886. The molecule has 0 spiro atoms. The Hall–Kier alpha value is -2.66. The summed E-state index contributed by atoms with van der Waals surface area (Å²) in [7, 11) is 0. The van der Waals surface area contributed by atoms with Crippen molar-refractivity contribution in [2.45, 2.75) is 38.7 Å². The van der Waals surface area contributed by atoms with Crippen LogP contribution in [0.1, 0.15) is 51.1 Å². The van der Waals surface area contributed by atoms with Crippen molar-refractivity contribution in [1.82, 2.24) is 5.32 Å². The number of hydrogen-bond acceptors (Lipinski definition) is 3. The van der Waals surface area contributed by atoms with Crippen molar-refractivity contribution in [1.29, 1.82) is 0 Å². The van der Waals surface area contributed by atoms with Gasteiger partial charge in [-0.15, -0.1) is 0 Å². The molecule has 2 aromatic carbocycles. The first kappa shape index (κ1) is 18.7. The second-order valence-corrected chi connectivity index (χ2v) is 7.61. The molecule has 2 amide bonds. The monoisotopic (exact) mass is 378 g/mol. The number of nitrogens with zero attached hydrogens (tertiary/aromatic N) is 1. The number of aryl methyl sites for hydroxylation is 2. The van der Waals surface area contributed by atoms with E-state index in [2.05, 4.69) is 5.32 Å². The predicted octanol–water partition coefficient (Wildman–Crippen LogP) is 3.50. The lowest BCUT2D eigenvalue weighted by molar-refractivity contribution is 0.0857. The number of carbonyl (C=O) groups is 2. The molecular formula is C23H26N2O3. The average molecular weight is 378 g/mol. The molecule has 146 valence electrons. The third kappa shape index (κ3) is 3.94. The Bertz CT molecular complexity index is 870. The summed E-state index contributed by atoms with van der Waals surface area (Å²) < 4.78 is 5.56. The standard InChI is InChI=1S/C23H26N2O3/c1-16-6-8-17(9-7-16)23(27)25-12-2-4-18-14-19(10-11-21(18)25)22(26)24-15-20-5-3-13-28-20/h6-11,14,20H,2-5,12-13,15H2,1H3,(H,24,26). The van der Waals surface area contributed by atoms with E-state index in [4.69, 9.17) is 4.74 Å². The van der Waals surface area contributed by atoms with Gasteiger partial charge in [-0.2, -0.15) is 0 Å². The van der Waals surface area contributed by atoms with Gasteiger partial charge in [-0.05, 0) is 68.5 Å². The van der Waals surface area contributed by atoms with Gasteiger partial charge in [0.2, 0.25) is 0 Å². The molecule has 2 heterocycles. The highest BCUT2D eigenvalue weighted by atomic mass is 16.5. The van der Waals surface area contributed by atoms with E-state index in [1.807, 2.05) is 54.3 Å². The van der Waals surface area contributed by atoms with Crippen LogP contribution in [0, 0.1) is 6.92 Å². The summed E-state index contributed by atoms with van der Waals surface area (Å²) in [6, 6.07) is 13.3. The second-order valence-electron chi connectivity index (χ2n) is 7.61. The second kappa shape index (κ2) is 8.15. The van der Waals surface area contributed by atoms with Crippen molar-refractivity contribution in [3.63, 3.8) is 0 Å². The van der Waals surface area contributed by atoms with Crippen molar-refractivity contribution in [3.05, 3.63) is 64.7 Å². The summed E-state index contributed by atoms with van der Waals surface area (Å²) in [5.74, 6) is -0.0724. The lowest BCUT2D eigenvalue weighted by Crippen LogP contribution is -2.36. The SMILES string of the molecule is Cc1ccc(C(=O)N2CCCc3cc(C(=O)NCC4CCCO4)ccc32)cc1. The van der Waals surface area contributed by atoms with E-state index in [1.54, 1.807) is 0 Å². The van der Waals surface area contributed by atoms with E-state index in [9.17, 15) is 9.59 Å². The van der Waals surface area contributed by atoms with Crippen LogP contribution < -0.4 is 10.2 Å². The summed E-state index contributed by atoms with van der Waals surface area (Å²) in [5, 5.41) is 2.97. The maximum Gasteiger partial charge on any atom is 0.258 e. The highest BCUT2D eigenvalue weighted by molar-refractivity contribution is 6.07. The summed E-state index contributed by atoms with van der Waals surface area (Å²) in [5.41, 5.74) is 4.43. The minimum absolute atomic E-state index is 0.0107. The lowest BCUT2D eigenvalue weighted by atomic mass is 9.98. The molecule has 0 aromatic heterocycles. The Morgan fingerprint density at radius 1 is 1.11 bits per heavy atom. The first-order valence-electron chi connectivity index (χ1n) is 10.0. The van der Waals surface area contributed by atoms with E-state index in [0.717, 1.165) is 49.1 Å². The number of amides is 2. The van der Waals surface area contributed by atoms with Crippen LogP contribution in [0.2, 0.25) is 0 Å². The molecule has 4 rings (SSSR count). The topological polar surface area (TPSA) is 58.6 Å². The predicted molar refractivity (Wildman–Crippen MR) is 109 cm³/mol. The van der Waals surface area contributed by atoms with Crippen molar-refractivity contribution >= 4 is 17.5 Å². The molecule has 5 heteroatoms. The van der Waals surface area contributed by atoms with Gasteiger partial charge in [-0.3, -0.25) is 9.59 Å². The van der Waals surface area contributed by atoms with Crippen LogP contribution >= 0.6 is 0 Å². The van der Waals surface area contributed by atoms with E-state index < -0.39 is 0 Å². The Morgan fingerprint density at radius 3 is 2.64 bits per heavy atom. The Balaban J connectivity index is 1.49. The third-order valence-electron chi connectivity index (χ3n) is 5.52. The van der Waals surface area contributed by atoms with E-state index in [0.29, 0.717) is 24.2 Å². The van der Waals surface area contributed by atoms with E-state index >= 15 is 0 Å². The van der Waals surface area contributed by atoms with Crippen molar-refractivity contribution < 1.29 is 14.3 Å².